The Morgan fingerprint density at radius 3 is 2.68 bits per heavy atom. The average molecular weight is 528 g/mol. The highest BCUT2D eigenvalue weighted by atomic mass is 35.5. The van der Waals surface area contributed by atoms with E-state index in [0.29, 0.717) is 35.1 Å². The first-order valence-electron chi connectivity index (χ1n) is 11.8. The molecule has 1 fully saturated rings. The summed E-state index contributed by atoms with van der Waals surface area (Å²) in [5.74, 6) is -1.02. The zero-order valence-corrected chi connectivity index (χ0v) is 21.4. The number of aryl methyl sites for hydroxylation is 2. The van der Waals surface area contributed by atoms with Crippen molar-refractivity contribution in [1.82, 2.24) is 19.4 Å². The molecule has 5 rings (SSSR count). The molecule has 0 bridgehead atoms. The molecule has 0 spiro atoms. The third-order valence-electron chi connectivity index (χ3n) is 7.34. The molecular weight excluding hydrogens is 501 g/mol. The maximum absolute atomic E-state index is 15.7. The van der Waals surface area contributed by atoms with Crippen molar-refractivity contribution in [3.63, 3.8) is 0 Å². The van der Waals surface area contributed by atoms with Gasteiger partial charge in [-0.15, -0.1) is 0 Å². The minimum absolute atomic E-state index is 0.0174. The van der Waals surface area contributed by atoms with Gasteiger partial charge in [-0.2, -0.15) is 0 Å². The van der Waals surface area contributed by atoms with Gasteiger partial charge in [-0.3, -0.25) is 14.6 Å². The summed E-state index contributed by atoms with van der Waals surface area (Å²) in [4.78, 5) is 35.5. The van der Waals surface area contributed by atoms with E-state index >= 15 is 4.39 Å². The number of aliphatic hydroxyl groups is 1. The van der Waals surface area contributed by atoms with Gasteiger partial charge in [-0.1, -0.05) is 11.6 Å². The molecule has 1 aromatic carbocycles. The van der Waals surface area contributed by atoms with Crippen LogP contribution in [0.25, 0.3) is 0 Å². The molecule has 9 nitrogen and oxygen atoms in total. The molecule has 1 unspecified atom stereocenters. The van der Waals surface area contributed by atoms with E-state index in [1.165, 1.54) is 30.2 Å². The summed E-state index contributed by atoms with van der Waals surface area (Å²) < 4.78 is 23.5. The lowest BCUT2D eigenvalue weighted by atomic mass is 9.90. The number of primary amides is 1. The van der Waals surface area contributed by atoms with Crippen molar-refractivity contribution in [3.8, 4) is 0 Å². The van der Waals surface area contributed by atoms with Gasteiger partial charge in [-0.25, -0.2) is 9.37 Å². The number of fused-ring (bicyclic) bond motifs is 1. The predicted molar refractivity (Wildman–Crippen MR) is 132 cm³/mol. The van der Waals surface area contributed by atoms with Crippen molar-refractivity contribution >= 4 is 23.4 Å². The van der Waals surface area contributed by atoms with Crippen LogP contribution in [0, 0.1) is 18.2 Å². The third kappa shape index (κ3) is 4.39. The normalized spacial score (nSPS) is 19.6. The van der Waals surface area contributed by atoms with Gasteiger partial charge in [0.25, 0.3) is 5.91 Å². The van der Waals surface area contributed by atoms with E-state index in [2.05, 4.69) is 9.97 Å². The van der Waals surface area contributed by atoms with Crippen LogP contribution in [0.1, 0.15) is 64.7 Å². The maximum atomic E-state index is 15.7. The molecule has 2 aromatic heterocycles. The molecular formula is C26H27ClFN5O4. The van der Waals surface area contributed by atoms with Gasteiger partial charge in [0.05, 0.1) is 40.5 Å². The SMILES string of the molecule is Cc1nc(C(C)(O)c2cc(F)c3c(c2)C(=O)N(Cc2ccc(Cl)cn2)[C@@H]3OCC2(C(N)=O)CC2)cn1C. The van der Waals surface area contributed by atoms with Gasteiger partial charge in [-0.05, 0) is 56.5 Å². The van der Waals surface area contributed by atoms with Crippen molar-refractivity contribution in [2.45, 2.75) is 45.1 Å². The molecule has 1 saturated carbocycles. The fourth-order valence-electron chi connectivity index (χ4n) is 4.54. The van der Waals surface area contributed by atoms with Crippen LogP contribution >= 0.6 is 11.6 Å². The lowest BCUT2D eigenvalue weighted by Gasteiger charge is -2.27. The molecule has 1 aliphatic heterocycles. The zero-order chi connectivity index (χ0) is 26.7. The van der Waals surface area contributed by atoms with E-state index in [-0.39, 0.29) is 29.8 Å². The largest absolute Gasteiger partial charge is 0.379 e. The number of benzene rings is 1. The number of amides is 2. The quantitative estimate of drug-likeness (QED) is 0.464. The van der Waals surface area contributed by atoms with Crippen molar-refractivity contribution in [1.29, 1.82) is 0 Å². The lowest BCUT2D eigenvalue weighted by molar-refractivity contribution is -0.129. The summed E-state index contributed by atoms with van der Waals surface area (Å²) in [6.45, 7) is 3.26. The Morgan fingerprint density at radius 1 is 1.38 bits per heavy atom. The molecule has 3 heterocycles. The highest BCUT2D eigenvalue weighted by molar-refractivity contribution is 6.30. The molecule has 194 valence electrons. The van der Waals surface area contributed by atoms with E-state index in [1.807, 2.05) is 0 Å². The molecule has 11 heteroatoms. The van der Waals surface area contributed by atoms with Gasteiger partial charge < -0.3 is 25.0 Å². The summed E-state index contributed by atoms with van der Waals surface area (Å²) >= 11 is 5.95. The van der Waals surface area contributed by atoms with Crippen LogP contribution in [0.3, 0.4) is 0 Å². The van der Waals surface area contributed by atoms with Gasteiger partial charge in [0.1, 0.15) is 17.2 Å². The highest BCUT2D eigenvalue weighted by Gasteiger charge is 2.51. The minimum Gasteiger partial charge on any atom is -0.379 e. The van der Waals surface area contributed by atoms with E-state index in [0.717, 1.165) is 0 Å². The number of carbonyl (C=O) groups excluding carboxylic acids is 2. The Labute approximate surface area is 218 Å². The number of carbonyl (C=O) groups is 2. The summed E-state index contributed by atoms with van der Waals surface area (Å²) in [6, 6.07) is 5.97. The third-order valence-corrected chi connectivity index (χ3v) is 7.56. The summed E-state index contributed by atoms with van der Waals surface area (Å²) in [6.07, 6.45) is 3.15. The van der Waals surface area contributed by atoms with Crippen molar-refractivity contribution in [3.05, 3.63) is 81.4 Å². The monoisotopic (exact) mass is 527 g/mol. The molecule has 2 amide bonds. The second kappa shape index (κ2) is 8.90. The number of halogens is 2. The number of aromatic nitrogens is 3. The predicted octanol–water partition coefficient (Wildman–Crippen LogP) is 3.11. The molecule has 37 heavy (non-hydrogen) atoms. The van der Waals surface area contributed by atoms with Gasteiger partial charge >= 0.3 is 0 Å². The maximum Gasteiger partial charge on any atom is 0.257 e. The van der Waals surface area contributed by atoms with Crippen LogP contribution in [0.2, 0.25) is 5.02 Å². The Hall–Kier alpha value is -3.34. The second-order valence-electron chi connectivity index (χ2n) is 9.98. The molecule has 0 saturated heterocycles. The van der Waals surface area contributed by atoms with Crippen molar-refractivity contribution in [2.75, 3.05) is 6.61 Å². The Balaban J connectivity index is 1.54. The van der Waals surface area contributed by atoms with Crippen LogP contribution in [-0.4, -0.2) is 43.0 Å². The first kappa shape index (κ1) is 25.3. The first-order chi connectivity index (χ1) is 17.4. The van der Waals surface area contributed by atoms with Gasteiger partial charge in [0.2, 0.25) is 5.91 Å². The van der Waals surface area contributed by atoms with Crippen LogP contribution in [0.5, 0.6) is 0 Å². The van der Waals surface area contributed by atoms with Crippen LogP contribution in [0.4, 0.5) is 4.39 Å². The van der Waals surface area contributed by atoms with E-state index < -0.39 is 34.9 Å². The van der Waals surface area contributed by atoms with E-state index in [4.69, 9.17) is 22.1 Å². The number of pyridine rings is 1. The van der Waals surface area contributed by atoms with E-state index in [9.17, 15) is 14.7 Å². The number of nitrogens with zero attached hydrogens (tertiary/aromatic N) is 4. The van der Waals surface area contributed by atoms with Crippen LogP contribution in [0.15, 0.2) is 36.7 Å². The zero-order valence-electron chi connectivity index (χ0n) is 20.7. The molecule has 0 radical (unpaired) electrons. The molecule has 3 aromatic rings. The van der Waals surface area contributed by atoms with Crippen LogP contribution < -0.4 is 5.73 Å². The highest BCUT2D eigenvalue weighted by Crippen LogP contribution is 2.48. The summed E-state index contributed by atoms with van der Waals surface area (Å²) in [5.41, 5.74) is 4.19. The molecule has 1 aliphatic carbocycles. The first-order valence-corrected chi connectivity index (χ1v) is 12.2. The second-order valence-corrected chi connectivity index (χ2v) is 10.4. The fourth-order valence-corrected chi connectivity index (χ4v) is 4.65. The number of ether oxygens (including phenoxy) is 1. The number of hydrogen-bond donors (Lipinski definition) is 2. The number of imidazole rings is 1. The molecule has 3 N–H and O–H groups in total. The van der Waals surface area contributed by atoms with Gasteiger partial charge in [0.15, 0.2) is 6.23 Å². The summed E-state index contributed by atoms with van der Waals surface area (Å²) in [5, 5.41) is 11.8. The van der Waals surface area contributed by atoms with E-state index in [1.54, 1.807) is 36.9 Å². The standard InChI is InChI=1S/C26H27ClFN5O4/c1-14-31-20(12-32(14)3)25(2,36)15-8-18-21(19(28)9-15)23(37-13-26(6-7-26)24(29)35)33(22(18)34)11-17-5-4-16(27)10-30-17/h4-5,8-10,12,23,36H,6-7,11,13H2,1-3H3,(H2,29,35)/t23-,25?/m1/s1. The lowest BCUT2D eigenvalue weighted by Crippen LogP contribution is -2.34. The van der Waals surface area contributed by atoms with Gasteiger partial charge in [0, 0.05) is 25.0 Å². The Bertz CT molecular complexity index is 1380. The Kier molecular flexibility index (Phi) is 6.09. The Morgan fingerprint density at radius 2 is 2.11 bits per heavy atom. The van der Waals surface area contributed by atoms with Crippen molar-refractivity contribution in [2.24, 2.45) is 18.2 Å². The number of hydrogen-bond acceptors (Lipinski definition) is 6. The average Bonchev–Trinajstić information content (AvgIpc) is 3.50. The topological polar surface area (TPSA) is 124 Å². The fraction of sp³-hybridized carbons (Fsp3) is 0.385. The smallest absolute Gasteiger partial charge is 0.257 e. The molecule has 2 atom stereocenters. The summed E-state index contributed by atoms with van der Waals surface area (Å²) in [7, 11) is 1.79. The number of rotatable bonds is 8. The minimum atomic E-state index is -1.66. The van der Waals surface area contributed by atoms with Crippen molar-refractivity contribution < 1.29 is 23.8 Å². The number of nitrogens with two attached hydrogens (primary N) is 1. The van der Waals surface area contributed by atoms with Crippen LogP contribution in [-0.2, 0) is 28.7 Å². The molecule has 2 aliphatic rings.